The van der Waals surface area contributed by atoms with Gasteiger partial charge in [-0.15, -0.1) is 0 Å². The Bertz CT molecular complexity index is 731. The number of hydrogen-bond acceptors (Lipinski definition) is 7. The molecule has 0 spiro atoms. The quantitative estimate of drug-likeness (QED) is 0.324. The van der Waals surface area contributed by atoms with Gasteiger partial charge in [0.1, 0.15) is 0 Å². The zero-order chi connectivity index (χ0) is 24.4. The van der Waals surface area contributed by atoms with E-state index in [1.54, 1.807) is 0 Å². The highest BCUT2D eigenvalue weighted by molar-refractivity contribution is 5.25. The Hall–Kier alpha value is -1.58. The van der Waals surface area contributed by atoms with Gasteiger partial charge in [0.15, 0.2) is 0 Å². The summed E-state index contributed by atoms with van der Waals surface area (Å²) in [5, 5.41) is 21.7. The molecule has 7 heteroatoms. The second-order valence-electron chi connectivity index (χ2n) is 9.82. The molecule has 8 N–H and O–H groups in total. The van der Waals surface area contributed by atoms with Crippen molar-refractivity contribution in [2.75, 3.05) is 65.4 Å². The molecule has 1 aromatic rings. The zero-order valence-corrected chi connectivity index (χ0v) is 21.6. The van der Waals surface area contributed by atoms with Crippen LogP contribution in [-0.2, 0) is 13.1 Å². The molecule has 0 saturated heterocycles. The lowest BCUT2D eigenvalue weighted by atomic mass is 9.96. The van der Waals surface area contributed by atoms with Gasteiger partial charge in [0, 0.05) is 78.0 Å². The molecule has 35 heavy (non-hydrogen) atoms. The number of benzene rings is 1. The third kappa shape index (κ3) is 12.3. The van der Waals surface area contributed by atoms with E-state index in [9.17, 15) is 0 Å². The summed E-state index contributed by atoms with van der Waals surface area (Å²) in [7, 11) is 0. The first kappa shape index (κ1) is 28.0. The Morgan fingerprint density at radius 1 is 0.714 bits per heavy atom. The molecule has 2 unspecified atom stereocenters. The predicted molar refractivity (Wildman–Crippen MR) is 148 cm³/mol. The number of nitrogens with two attached hydrogens (primary N) is 1. The molecule has 1 aromatic carbocycles. The summed E-state index contributed by atoms with van der Waals surface area (Å²) >= 11 is 0. The van der Waals surface area contributed by atoms with E-state index < -0.39 is 0 Å². The maximum Gasteiger partial charge on any atom is 0.0208 e. The predicted octanol–water partition coefficient (Wildman–Crippen LogP) is 1.24. The van der Waals surface area contributed by atoms with Crippen molar-refractivity contribution in [1.82, 2.24) is 31.9 Å². The van der Waals surface area contributed by atoms with Crippen molar-refractivity contribution < 1.29 is 0 Å². The summed E-state index contributed by atoms with van der Waals surface area (Å²) in [6.45, 7) is 11.5. The fourth-order valence-electron chi connectivity index (χ4n) is 4.52. The summed E-state index contributed by atoms with van der Waals surface area (Å²) in [5.74, 6) is 0.607. The van der Waals surface area contributed by atoms with Crippen molar-refractivity contribution >= 4 is 0 Å². The highest BCUT2D eigenvalue weighted by Gasteiger charge is 2.10. The van der Waals surface area contributed by atoms with E-state index in [1.807, 2.05) is 0 Å². The molecule has 0 saturated carbocycles. The van der Waals surface area contributed by atoms with Crippen LogP contribution in [0.15, 0.2) is 48.1 Å². The van der Waals surface area contributed by atoms with Crippen LogP contribution in [0.3, 0.4) is 0 Å². The van der Waals surface area contributed by atoms with Gasteiger partial charge in [0.2, 0.25) is 0 Å². The third-order valence-corrected chi connectivity index (χ3v) is 6.78. The summed E-state index contributed by atoms with van der Waals surface area (Å²) in [4.78, 5) is 0. The first-order valence-corrected chi connectivity index (χ1v) is 13.8. The van der Waals surface area contributed by atoms with Crippen molar-refractivity contribution in [3.63, 3.8) is 0 Å². The van der Waals surface area contributed by atoms with Crippen molar-refractivity contribution in [3.8, 4) is 0 Å². The zero-order valence-electron chi connectivity index (χ0n) is 21.6. The van der Waals surface area contributed by atoms with E-state index in [1.165, 1.54) is 23.1 Å². The van der Waals surface area contributed by atoms with Crippen molar-refractivity contribution in [2.24, 2.45) is 11.7 Å². The third-order valence-electron chi connectivity index (χ3n) is 6.78. The van der Waals surface area contributed by atoms with E-state index >= 15 is 0 Å². The average Bonchev–Trinajstić information content (AvgIpc) is 2.89. The molecule has 0 amide bonds. The van der Waals surface area contributed by atoms with Gasteiger partial charge in [-0.1, -0.05) is 48.9 Å². The second-order valence-corrected chi connectivity index (χ2v) is 9.82. The van der Waals surface area contributed by atoms with E-state index in [2.05, 4.69) is 74.4 Å². The minimum absolute atomic E-state index is 0.462. The molecule has 0 radical (unpaired) electrons. The van der Waals surface area contributed by atoms with Crippen LogP contribution in [0.2, 0.25) is 0 Å². The summed E-state index contributed by atoms with van der Waals surface area (Å²) in [6.07, 6.45) is 11.6. The lowest BCUT2D eigenvalue weighted by Crippen LogP contribution is -2.40. The van der Waals surface area contributed by atoms with Gasteiger partial charge >= 0.3 is 0 Å². The van der Waals surface area contributed by atoms with Crippen LogP contribution in [0.4, 0.5) is 0 Å². The van der Waals surface area contributed by atoms with Crippen molar-refractivity contribution in [1.29, 1.82) is 0 Å². The minimum Gasteiger partial charge on any atom is -0.330 e. The molecule has 4 aliphatic heterocycles. The summed E-state index contributed by atoms with van der Waals surface area (Å²) in [5.41, 5.74) is 9.80. The van der Waals surface area contributed by atoms with Crippen molar-refractivity contribution in [3.05, 3.63) is 59.2 Å². The lowest BCUT2D eigenvalue weighted by molar-refractivity contribution is 0.432. The Balaban J connectivity index is 1.48. The van der Waals surface area contributed by atoms with Gasteiger partial charge in [-0.3, -0.25) is 0 Å². The van der Waals surface area contributed by atoms with Crippen LogP contribution < -0.4 is 37.6 Å². The standard InChI is InChI=1S/C28H49N7/c29-12-2-1-3-28-23-34-18-17-33-21-25-6-4-24(5-7-25)19-31-15-13-30-14-16-32-20-26-8-10-27(11-9-26)22-35-28/h4,6-11,24,28,30-35H,1-3,5,12-23,29H2. The van der Waals surface area contributed by atoms with Crippen LogP contribution >= 0.6 is 0 Å². The number of unbranched alkanes of at least 4 members (excludes halogenated alkanes) is 1. The molecule has 196 valence electrons. The van der Waals surface area contributed by atoms with Crippen LogP contribution in [0.5, 0.6) is 0 Å². The topological polar surface area (TPSA) is 98.2 Å². The molecule has 6 rings (SSSR count). The van der Waals surface area contributed by atoms with Gasteiger partial charge in [0.25, 0.3) is 0 Å². The molecule has 4 bridgehead atoms. The molecule has 0 fully saturated rings. The van der Waals surface area contributed by atoms with Gasteiger partial charge in [-0.2, -0.15) is 0 Å². The van der Waals surface area contributed by atoms with Crippen LogP contribution in [0.25, 0.3) is 0 Å². The van der Waals surface area contributed by atoms with Crippen LogP contribution in [0, 0.1) is 5.92 Å². The monoisotopic (exact) mass is 483 g/mol. The van der Waals surface area contributed by atoms with Crippen molar-refractivity contribution in [2.45, 2.75) is 44.8 Å². The van der Waals surface area contributed by atoms with Gasteiger partial charge in [-0.05, 0) is 48.4 Å². The maximum atomic E-state index is 5.72. The Morgan fingerprint density at radius 3 is 2.09 bits per heavy atom. The maximum absolute atomic E-state index is 5.72. The molecule has 0 aromatic heterocycles. The highest BCUT2D eigenvalue weighted by atomic mass is 15.0. The van der Waals surface area contributed by atoms with Gasteiger partial charge in [0.05, 0.1) is 0 Å². The highest BCUT2D eigenvalue weighted by Crippen LogP contribution is 2.15. The fraction of sp³-hybridized carbons (Fsp3) is 0.643. The summed E-state index contributed by atoms with van der Waals surface area (Å²) < 4.78 is 0. The molecular weight excluding hydrogens is 434 g/mol. The van der Waals surface area contributed by atoms with E-state index in [0.717, 1.165) is 97.8 Å². The van der Waals surface area contributed by atoms with E-state index in [-0.39, 0.29) is 0 Å². The molecule has 1 aliphatic carbocycles. The Morgan fingerprint density at radius 2 is 1.37 bits per heavy atom. The summed E-state index contributed by atoms with van der Waals surface area (Å²) in [6, 6.07) is 9.46. The van der Waals surface area contributed by atoms with E-state index in [4.69, 9.17) is 5.73 Å². The van der Waals surface area contributed by atoms with E-state index in [0.29, 0.717) is 12.0 Å². The van der Waals surface area contributed by atoms with Gasteiger partial charge < -0.3 is 37.6 Å². The SMILES string of the molecule is NCCCCC1CNCCNCC2=CCC(C=C2)CNCCNCCNCc2ccc(cc2)CN1. The minimum atomic E-state index is 0.462. The number of rotatable bonds is 4. The Labute approximate surface area is 213 Å². The van der Waals surface area contributed by atoms with Gasteiger partial charge in [-0.25, -0.2) is 0 Å². The number of hydrogen-bond donors (Lipinski definition) is 7. The first-order chi connectivity index (χ1) is 17.3. The fourth-order valence-corrected chi connectivity index (χ4v) is 4.52. The molecule has 4 heterocycles. The largest absolute Gasteiger partial charge is 0.330 e. The molecule has 7 nitrogen and oxygen atoms in total. The lowest BCUT2D eigenvalue weighted by Gasteiger charge is -2.20. The smallest absolute Gasteiger partial charge is 0.0208 e. The normalized spacial score (nSPS) is 24.3. The van der Waals surface area contributed by atoms with Crippen LogP contribution in [-0.4, -0.2) is 71.5 Å². The molecule has 2 atom stereocenters. The molecular formula is C28H49N7. The number of nitrogens with one attached hydrogen (secondary N) is 6. The molecule has 5 aliphatic rings. The second kappa shape index (κ2) is 17.8. The number of allylic oxidation sites excluding steroid dienone is 1. The van der Waals surface area contributed by atoms with Crippen LogP contribution in [0.1, 0.15) is 36.8 Å². The Kier molecular flexibility index (Phi) is 14.2. The first-order valence-electron chi connectivity index (χ1n) is 13.8. The average molecular weight is 484 g/mol.